The second kappa shape index (κ2) is 6.50. The molecule has 0 spiro atoms. The van der Waals surface area contributed by atoms with Gasteiger partial charge in [0.15, 0.2) is 5.96 Å². The zero-order chi connectivity index (χ0) is 13.7. The largest absolute Gasteiger partial charge is 0.356 e. The van der Waals surface area contributed by atoms with Crippen LogP contribution in [0.3, 0.4) is 0 Å². The number of nitrogens with zero attached hydrogens (tertiary/aromatic N) is 1. The van der Waals surface area contributed by atoms with Crippen molar-refractivity contribution in [3.8, 4) is 0 Å². The van der Waals surface area contributed by atoms with E-state index in [4.69, 9.17) is 0 Å². The van der Waals surface area contributed by atoms with Crippen LogP contribution in [0.2, 0.25) is 0 Å². The van der Waals surface area contributed by atoms with E-state index in [1.54, 1.807) is 7.05 Å². The van der Waals surface area contributed by atoms with E-state index in [2.05, 4.69) is 15.6 Å². The van der Waals surface area contributed by atoms with E-state index in [1.165, 1.54) is 25.0 Å². The van der Waals surface area contributed by atoms with Gasteiger partial charge in [-0.25, -0.2) is 8.78 Å². The Bertz CT molecular complexity index is 436. The molecule has 104 valence electrons. The Morgan fingerprint density at radius 1 is 1.26 bits per heavy atom. The third-order valence-electron chi connectivity index (χ3n) is 3.00. The lowest BCUT2D eigenvalue weighted by atomic mass is 10.1. The highest BCUT2D eigenvalue weighted by Crippen LogP contribution is 2.18. The number of benzene rings is 1. The van der Waals surface area contributed by atoms with Crippen LogP contribution in [0.5, 0.6) is 0 Å². The molecule has 2 N–H and O–H groups in total. The first-order valence-electron chi connectivity index (χ1n) is 6.59. The van der Waals surface area contributed by atoms with Gasteiger partial charge in [0, 0.05) is 25.7 Å². The molecule has 0 saturated heterocycles. The summed E-state index contributed by atoms with van der Waals surface area (Å²) in [5.41, 5.74) is 0.685. The molecule has 0 bridgehead atoms. The van der Waals surface area contributed by atoms with Gasteiger partial charge in [0.05, 0.1) is 0 Å². The maximum atomic E-state index is 13.0. The van der Waals surface area contributed by atoms with Crippen molar-refractivity contribution in [2.75, 3.05) is 13.6 Å². The molecule has 0 amide bonds. The minimum absolute atomic E-state index is 0.519. The summed E-state index contributed by atoms with van der Waals surface area (Å²) in [6, 6.07) is 4.20. The maximum Gasteiger partial charge on any atom is 0.191 e. The highest BCUT2D eigenvalue weighted by molar-refractivity contribution is 5.80. The molecule has 0 radical (unpaired) electrons. The van der Waals surface area contributed by atoms with Crippen LogP contribution < -0.4 is 10.6 Å². The van der Waals surface area contributed by atoms with E-state index in [1.807, 2.05) is 0 Å². The fourth-order valence-corrected chi connectivity index (χ4v) is 1.87. The highest BCUT2D eigenvalue weighted by atomic mass is 19.1. The molecule has 0 aromatic heterocycles. The molecule has 0 aliphatic heterocycles. The van der Waals surface area contributed by atoms with Crippen LogP contribution in [-0.2, 0) is 6.42 Å². The molecular weight excluding hydrogens is 248 g/mol. The Morgan fingerprint density at radius 2 is 1.95 bits per heavy atom. The van der Waals surface area contributed by atoms with E-state index in [0.29, 0.717) is 18.0 Å². The molecule has 19 heavy (non-hydrogen) atoms. The van der Waals surface area contributed by atoms with Crippen molar-refractivity contribution in [3.05, 3.63) is 35.4 Å². The normalized spacial score (nSPS) is 15.4. The van der Waals surface area contributed by atoms with Crippen molar-refractivity contribution < 1.29 is 8.78 Å². The average Bonchev–Trinajstić information content (AvgIpc) is 3.15. The number of hydrogen-bond acceptors (Lipinski definition) is 1. The van der Waals surface area contributed by atoms with Crippen LogP contribution in [0.1, 0.15) is 24.8 Å². The molecule has 3 nitrogen and oxygen atoms in total. The molecular formula is C14H19F2N3. The molecule has 2 rings (SSSR count). The molecule has 0 atom stereocenters. The summed E-state index contributed by atoms with van der Waals surface area (Å²) in [4.78, 5) is 4.12. The molecule has 1 aromatic carbocycles. The van der Waals surface area contributed by atoms with Crippen molar-refractivity contribution >= 4 is 5.96 Å². The lowest BCUT2D eigenvalue weighted by molar-refractivity contribution is 0.578. The van der Waals surface area contributed by atoms with E-state index in [9.17, 15) is 8.78 Å². The monoisotopic (exact) mass is 267 g/mol. The van der Waals surface area contributed by atoms with Gasteiger partial charge >= 0.3 is 0 Å². The van der Waals surface area contributed by atoms with Crippen LogP contribution in [0.4, 0.5) is 8.78 Å². The molecule has 5 heteroatoms. The molecule has 0 unspecified atom stereocenters. The number of aliphatic imine (C=N–C) groups is 1. The SMILES string of the molecule is CN=C(NCCCc1cc(F)cc(F)c1)NC1CC1. The van der Waals surface area contributed by atoms with E-state index >= 15 is 0 Å². The fourth-order valence-electron chi connectivity index (χ4n) is 1.87. The topological polar surface area (TPSA) is 36.4 Å². The van der Waals surface area contributed by atoms with Gasteiger partial charge in [-0.1, -0.05) is 0 Å². The third kappa shape index (κ3) is 4.85. The number of halogens is 2. The van der Waals surface area contributed by atoms with Crippen LogP contribution in [0.25, 0.3) is 0 Å². The standard InChI is InChI=1S/C14H19F2N3/c1-17-14(19-13-4-5-13)18-6-2-3-10-7-11(15)9-12(16)8-10/h7-9,13H,2-6H2,1H3,(H2,17,18,19). The first-order valence-corrected chi connectivity index (χ1v) is 6.59. The highest BCUT2D eigenvalue weighted by Gasteiger charge is 2.21. The van der Waals surface area contributed by atoms with Gasteiger partial charge in [-0.15, -0.1) is 0 Å². The van der Waals surface area contributed by atoms with Crippen LogP contribution >= 0.6 is 0 Å². The quantitative estimate of drug-likeness (QED) is 0.487. The van der Waals surface area contributed by atoms with Gasteiger partial charge in [0.2, 0.25) is 0 Å². The number of aryl methyl sites for hydroxylation is 1. The van der Waals surface area contributed by atoms with Crippen LogP contribution in [0, 0.1) is 11.6 Å². The summed E-state index contributed by atoms with van der Waals surface area (Å²) in [6.45, 7) is 0.727. The number of rotatable bonds is 5. The average molecular weight is 267 g/mol. The fraction of sp³-hybridized carbons (Fsp3) is 0.500. The van der Waals surface area contributed by atoms with Crippen LogP contribution in [0.15, 0.2) is 23.2 Å². The predicted molar refractivity (Wildman–Crippen MR) is 72.2 cm³/mol. The molecule has 1 aromatic rings. The van der Waals surface area contributed by atoms with Crippen molar-refractivity contribution in [2.24, 2.45) is 4.99 Å². The second-order valence-electron chi connectivity index (χ2n) is 4.80. The zero-order valence-electron chi connectivity index (χ0n) is 11.0. The summed E-state index contributed by atoms with van der Waals surface area (Å²) in [5.74, 6) is -0.240. The van der Waals surface area contributed by atoms with Gasteiger partial charge in [0.25, 0.3) is 0 Å². The summed E-state index contributed by atoms with van der Waals surface area (Å²) in [6.07, 6.45) is 3.84. The predicted octanol–water partition coefficient (Wildman–Crippen LogP) is 2.22. The molecule has 1 saturated carbocycles. The Balaban J connectivity index is 1.70. The van der Waals surface area contributed by atoms with E-state index < -0.39 is 11.6 Å². The molecule has 0 heterocycles. The number of guanidine groups is 1. The van der Waals surface area contributed by atoms with Crippen LogP contribution in [-0.4, -0.2) is 25.6 Å². The maximum absolute atomic E-state index is 13.0. The van der Waals surface area contributed by atoms with Crippen molar-refractivity contribution in [1.82, 2.24) is 10.6 Å². The van der Waals surface area contributed by atoms with Crippen molar-refractivity contribution in [1.29, 1.82) is 0 Å². The van der Waals surface area contributed by atoms with E-state index in [-0.39, 0.29) is 0 Å². The van der Waals surface area contributed by atoms with Gasteiger partial charge in [-0.2, -0.15) is 0 Å². The first-order chi connectivity index (χ1) is 9.17. The summed E-state index contributed by atoms with van der Waals surface area (Å²) in [7, 11) is 1.74. The summed E-state index contributed by atoms with van der Waals surface area (Å²) in [5, 5.41) is 6.47. The van der Waals surface area contributed by atoms with Gasteiger partial charge < -0.3 is 10.6 Å². The smallest absolute Gasteiger partial charge is 0.191 e. The molecule has 1 aliphatic carbocycles. The van der Waals surface area contributed by atoms with Crippen molar-refractivity contribution in [3.63, 3.8) is 0 Å². The first kappa shape index (κ1) is 13.8. The minimum atomic E-state index is -0.519. The molecule has 1 fully saturated rings. The van der Waals surface area contributed by atoms with Gasteiger partial charge in [-0.3, -0.25) is 4.99 Å². The Hall–Kier alpha value is -1.65. The Morgan fingerprint density at radius 3 is 2.53 bits per heavy atom. The lowest BCUT2D eigenvalue weighted by Gasteiger charge is -2.10. The lowest BCUT2D eigenvalue weighted by Crippen LogP contribution is -2.39. The van der Waals surface area contributed by atoms with Gasteiger partial charge in [-0.05, 0) is 43.4 Å². The summed E-state index contributed by atoms with van der Waals surface area (Å²) < 4.78 is 26.0. The number of nitrogens with one attached hydrogen (secondary N) is 2. The summed E-state index contributed by atoms with van der Waals surface area (Å²) >= 11 is 0. The minimum Gasteiger partial charge on any atom is -0.356 e. The zero-order valence-corrected chi connectivity index (χ0v) is 11.0. The van der Waals surface area contributed by atoms with Crippen molar-refractivity contribution in [2.45, 2.75) is 31.7 Å². The Kier molecular flexibility index (Phi) is 4.71. The number of hydrogen-bond donors (Lipinski definition) is 2. The molecule has 1 aliphatic rings. The van der Waals surface area contributed by atoms with Gasteiger partial charge in [0.1, 0.15) is 11.6 Å². The van der Waals surface area contributed by atoms with E-state index in [0.717, 1.165) is 25.0 Å². The third-order valence-corrected chi connectivity index (χ3v) is 3.00. The Labute approximate surface area is 112 Å². The second-order valence-corrected chi connectivity index (χ2v) is 4.80.